The molecule has 3 nitrogen and oxygen atoms in total. The van der Waals surface area contributed by atoms with Gasteiger partial charge in [-0.15, -0.1) is 0 Å². The molecule has 1 atom stereocenters. The van der Waals surface area contributed by atoms with Gasteiger partial charge in [-0.3, -0.25) is 4.79 Å². The number of carbonyl (C=O) groups excluding carboxylic acids is 1. The lowest BCUT2D eigenvalue weighted by Gasteiger charge is -2.14. The van der Waals surface area contributed by atoms with Crippen molar-refractivity contribution >= 4 is 29.0 Å². The summed E-state index contributed by atoms with van der Waals surface area (Å²) in [7, 11) is 0. The van der Waals surface area contributed by atoms with Gasteiger partial charge >= 0.3 is 6.18 Å². The Bertz CT molecular complexity index is 484. The van der Waals surface area contributed by atoms with Gasteiger partial charge in [-0.1, -0.05) is 0 Å². The number of hydrogen-bond donors (Lipinski definition) is 2. The van der Waals surface area contributed by atoms with Crippen molar-refractivity contribution in [3.05, 3.63) is 23.8 Å². The van der Waals surface area contributed by atoms with E-state index in [2.05, 4.69) is 5.32 Å². The molecular formula is C12H13F3N2OS. The maximum absolute atomic E-state index is 12.7. The average Bonchev–Trinajstić information content (AvgIpc) is 2.83. The van der Waals surface area contributed by atoms with Crippen LogP contribution in [-0.2, 0) is 11.0 Å². The summed E-state index contributed by atoms with van der Waals surface area (Å²) in [6, 6.07) is 3.40. The quantitative estimate of drug-likeness (QED) is 0.823. The fraction of sp³-hybridized carbons (Fsp3) is 0.417. The van der Waals surface area contributed by atoms with Crippen LogP contribution in [0.3, 0.4) is 0 Å². The van der Waals surface area contributed by atoms with E-state index in [1.807, 2.05) is 0 Å². The summed E-state index contributed by atoms with van der Waals surface area (Å²) >= 11 is 1.67. The van der Waals surface area contributed by atoms with E-state index in [9.17, 15) is 18.0 Å². The number of rotatable bonds is 2. The highest BCUT2D eigenvalue weighted by Crippen LogP contribution is 2.35. The molecular weight excluding hydrogens is 277 g/mol. The second-order valence-corrected chi connectivity index (χ2v) is 5.50. The molecule has 1 aliphatic heterocycles. The van der Waals surface area contributed by atoms with Crippen LogP contribution >= 0.6 is 11.8 Å². The minimum Gasteiger partial charge on any atom is -0.398 e. The Labute approximate surface area is 112 Å². The van der Waals surface area contributed by atoms with E-state index in [1.54, 1.807) is 11.8 Å². The van der Waals surface area contributed by atoms with Crippen molar-refractivity contribution in [1.29, 1.82) is 0 Å². The molecule has 19 heavy (non-hydrogen) atoms. The van der Waals surface area contributed by atoms with Gasteiger partial charge in [0.05, 0.1) is 5.56 Å². The Balaban J connectivity index is 2.15. The first-order valence-electron chi connectivity index (χ1n) is 5.73. The van der Waals surface area contributed by atoms with Crippen LogP contribution in [0.5, 0.6) is 0 Å². The van der Waals surface area contributed by atoms with Gasteiger partial charge in [0.2, 0.25) is 5.91 Å². The number of nitrogen functional groups attached to an aromatic ring is 1. The van der Waals surface area contributed by atoms with Gasteiger partial charge in [-0.25, -0.2) is 0 Å². The lowest BCUT2D eigenvalue weighted by molar-refractivity contribution is -0.137. The third kappa shape index (κ3) is 3.34. The smallest absolute Gasteiger partial charge is 0.398 e. The predicted octanol–water partition coefficient (Wildman–Crippen LogP) is 2.98. The molecule has 1 heterocycles. The largest absolute Gasteiger partial charge is 0.418 e. The number of nitrogens with one attached hydrogen (secondary N) is 1. The predicted molar refractivity (Wildman–Crippen MR) is 69.9 cm³/mol. The van der Waals surface area contributed by atoms with Gasteiger partial charge in [-0.2, -0.15) is 24.9 Å². The molecule has 1 aliphatic rings. The summed E-state index contributed by atoms with van der Waals surface area (Å²) in [5.74, 6) is 1.26. The van der Waals surface area contributed by atoms with E-state index >= 15 is 0 Å². The molecule has 0 aliphatic carbocycles. The van der Waals surface area contributed by atoms with Crippen LogP contribution in [0, 0.1) is 5.92 Å². The molecule has 1 unspecified atom stereocenters. The summed E-state index contributed by atoms with van der Waals surface area (Å²) in [5, 5.41) is 2.52. The maximum atomic E-state index is 12.7. The number of anilines is 2. The van der Waals surface area contributed by atoms with Crippen molar-refractivity contribution in [3.63, 3.8) is 0 Å². The maximum Gasteiger partial charge on any atom is 0.418 e. The first-order valence-corrected chi connectivity index (χ1v) is 6.89. The number of benzene rings is 1. The van der Waals surface area contributed by atoms with E-state index < -0.39 is 11.7 Å². The summed E-state index contributed by atoms with van der Waals surface area (Å²) in [4.78, 5) is 11.8. The van der Waals surface area contributed by atoms with Crippen LogP contribution in [-0.4, -0.2) is 17.4 Å². The van der Waals surface area contributed by atoms with Crippen LogP contribution in [0.2, 0.25) is 0 Å². The zero-order valence-electron chi connectivity index (χ0n) is 9.96. The molecule has 1 amide bonds. The Kier molecular flexibility index (Phi) is 3.93. The highest BCUT2D eigenvalue weighted by atomic mass is 32.2. The van der Waals surface area contributed by atoms with Crippen LogP contribution in [0.4, 0.5) is 24.5 Å². The topological polar surface area (TPSA) is 55.1 Å². The Hall–Kier alpha value is -1.37. The number of nitrogens with two attached hydrogens (primary N) is 1. The standard InChI is InChI=1S/C12H13F3N2OS/c13-12(14,15)9-5-8(1-2-10(9)16)17-11(18)7-3-4-19-6-7/h1-2,5,7H,3-4,6,16H2,(H,17,18). The SMILES string of the molecule is Nc1ccc(NC(=O)C2CCSC2)cc1C(F)(F)F. The van der Waals surface area contributed by atoms with Gasteiger partial charge in [0.1, 0.15) is 0 Å². The second kappa shape index (κ2) is 5.32. The molecule has 0 aromatic heterocycles. The number of carbonyl (C=O) groups is 1. The summed E-state index contributed by atoms with van der Waals surface area (Å²) in [6.45, 7) is 0. The van der Waals surface area contributed by atoms with Crippen molar-refractivity contribution in [2.45, 2.75) is 12.6 Å². The molecule has 0 saturated carbocycles. The Morgan fingerprint density at radius 3 is 2.74 bits per heavy atom. The number of hydrogen-bond acceptors (Lipinski definition) is 3. The first kappa shape index (κ1) is 14.0. The van der Waals surface area contributed by atoms with Crippen molar-refractivity contribution in [2.24, 2.45) is 5.92 Å². The fourth-order valence-electron chi connectivity index (χ4n) is 1.87. The number of alkyl halides is 3. The highest BCUT2D eigenvalue weighted by Gasteiger charge is 2.33. The van der Waals surface area contributed by atoms with Crippen molar-refractivity contribution in [1.82, 2.24) is 0 Å². The summed E-state index contributed by atoms with van der Waals surface area (Å²) in [5.41, 5.74) is 4.15. The molecule has 1 saturated heterocycles. The third-order valence-corrected chi connectivity index (χ3v) is 4.09. The fourth-order valence-corrected chi connectivity index (χ4v) is 3.09. The van der Waals surface area contributed by atoms with Crippen molar-refractivity contribution < 1.29 is 18.0 Å². The number of thioether (sulfide) groups is 1. The lowest BCUT2D eigenvalue weighted by atomic mass is 10.1. The number of halogens is 3. The molecule has 7 heteroatoms. The molecule has 1 aromatic rings. The van der Waals surface area contributed by atoms with E-state index in [4.69, 9.17) is 5.73 Å². The van der Waals surface area contributed by atoms with Gasteiger partial charge in [0.15, 0.2) is 0 Å². The molecule has 104 valence electrons. The van der Waals surface area contributed by atoms with Crippen LogP contribution in [0.25, 0.3) is 0 Å². The highest BCUT2D eigenvalue weighted by molar-refractivity contribution is 7.99. The van der Waals surface area contributed by atoms with Crippen LogP contribution < -0.4 is 11.1 Å². The molecule has 0 bridgehead atoms. The molecule has 1 aromatic carbocycles. The average molecular weight is 290 g/mol. The molecule has 1 fully saturated rings. The number of amides is 1. The van der Waals surface area contributed by atoms with Gasteiger partial charge < -0.3 is 11.1 Å². The Morgan fingerprint density at radius 1 is 1.42 bits per heavy atom. The van der Waals surface area contributed by atoms with Gasteiger partial charge in [0, 0.05) is 23.0 Å². The zero-order valence-corrected chi connectivity index (χ0v) is 10.8. The molecule has 0 radical (unpaired) electrons. The minimum absolute atomic E-state index is 0.128. The molecule has 3 N–H and O–H groups in total. The van der Waals surface area contributed by atoms with E-state index in [0.717, 1.165) is 24.3 Å². The summed E-state index contributed by atoms with van der Waals surface area (Å²) in [6.07, 6.45) is -3.76. The van der Waals surface area contributed by atoms with E-state index in [1.165, 1.54) is 6.07 Å². The van der Waals surface area contributed by atoms with E-state index in [0.29, 0.717) is 5.75 Å². The lowest BCUT2D eigenvalue weighted by Crippen LogP contribution is -2.22. The van der Waals surface area contributed by atoms with E-state index in [-0.39, 0.29) is 23.2 Å². The van der Waals surface area contributed by atoms with Gasteiger partial charge in [-0.05, 0) is 30.4 Å². The Morgan fingerprint density at radius 2 is 2.16 bits per heavy atom. The zero-order chi connectivity index (χ0) is 14.0. The normalized spacial score (nSPS) is 19.4. The van der Waals surface area contributed by atoms with Crippen molar-refractivity contribution in [2.75, 3.05) is 22.6 Å². The minimum atomic E-state index is -4.52. The molecule has 2 rings (SSSR count). The third-order valence-electron chi connectivity index (χ3n) is 2.93. The van der Waals surface area contributed by atoms with Crippen LogP contribution in [0.15, 0.2) is 18.2 Å². The first-order chi connectivity index (χ1) is 8.88. The second-order valence-electron chi connectivity index (χ2n) is 4.35. The summed E-state index contributed by atoms with van der Waals surface area (Å²) < 4.78 is 38.0. The van der Waals surface area contributed by atoms with Gasteiger partial charge in [0.25, 0.3) is 0 Å². The monoisotopic (exact) mass is 290 g/mol. The molecule has 0 spiro atoms. The van der Waals surface area contributed by atoms with Crippen LogP contribution in [0.1, 0.15) is 12.0 Å². The van der Waals surface area contributed by atoms with Crippen molar-refractivity contribution in [3.8, 4) is 0 Å².